The molecule has 0 rings (SSSR count). The van der Waals surface area contributed by atoms with Crippen molar-refractivity contribution in [3.8, 4) is 0 Å². The molecule has 0 saturated heterocycles. The van der Waals surface area contributed by atoms with Gasteiger partial charge in [-0.2, -0.15) is 0 Å². The highest BCUT2D eigenvalue weighted by atomic mass is 16.6. The summed E-state index contributed by atoms with van der Waals surface area (Å²) >= 11 is 0. The van der Waals surface area contributed by atoms with Crippen LogP contribution in [0.4, 0.5) is 0 Å². The van der Waals surface area contributed by atoms with Crippen LogP contribution in [0.25, 0.3) is 0 Å². The number of carbonyl (C=O) groups excluding carboxylic acids is 3. The number of rotatable bonds is 50. The lowest BCUT2D eigenvalue weighted by atomic mass is 10.0. The lowest BCUT2D eigenvalue weighted by Gasteiger charge is -2.18. The smallest absolute Gasteiger partial charge is 0.306 e. The van der Waals surface area contributed by atoms with Crippen LogP contribution in [-0.4, -0.2) is 37.2 Å². The first kappa shape index (κ1) is 62.1. The van der Waals surface area contributed by atoms with Gasteiger partial charge in [-0.3, -0.25) is 14.4 Å². The van der Waals surface area contributed by atoms with Gasteiger partial charge in [0.05, 0.1) is 0 Å². The van der Waals surface area contributed by atoms with Crippen LogP contribution in [0.3, 0.4) is 0 Å². The quantitative estimate of drug-likeness (QED) is 0.0262. The Hall–Kier alpha value is -2.89. The number of ether oxygens (including phenoxy) is 3. The second-order valence-electron chi connectivity index (χ2n) is 18.5. The lowest BCUT2D eigenvalue weighted by molar-refractivity contribution is -0.167. The number of carbonyl (C=O) groups is 3. The molecule has 65 heavy (non-hydrogen) atoms. The van der Waals surface area contributed by atoms with Crippen molar-refractivity contribution in [3.05, 3.63) is 60.8 Å². The molecule has 0 heterocycles. The minimum Gasteiger partial charge on any atom is -0.462 e. The van der Waals surface area contributed by atoms with Gasteiger partial charge in [-0.05, 0) is 57.8 Å². The first-order chi connectivity index (χ1) is 32.0. The summed E-state index contributed by atoms with van der Waals surface area (Å²) < 4.78 is 16.8. The fourth-order valence-electron chi connectivity index (χ4n) is 7.89. The average Bonchev–Trinajstić information content (AvgIpc) is 3.30. The van der Waals surface area contributed by atoms with Gasteiger partial charge in [0.25, 0.3) is 0 Å². The predicted molar refractivity (Wildman–Crippen MR) is 279 cm³/mol. The Bertz CT molecular complexity index is 1180. The van der Waals surface area contributed by atoms with Gasteiger partial charge in [0.2, 0.25) is 0 Å². The largest absolute Gasteiger partial charge is 0.462 e. The maximum Gasteiger partial charge on any atom is 0.306 e. The molecule has 0 aromatic rings. The van der Waals surface area contributed by atoms with Gasteiger partial charge in [-0.1, -0.05) is 261 Å². The van der Waals surface area contributed by atoms with E-state index in [0.29, 0.717) is 19.3 Å². The summed E-state index contributed by atoms with van der Waals surface area (Å²) in [6, 6.07) is 0. The highest BCUT2D eigenvalue weighted by molar-refractivity contribution is 5.71. The monoisotopic (exact) mass is 909 g/mol. The van der Waals surface area contributed by atoms with Crippen molar-refractivity contribution in [1.29, 1.82) is 0 Å². The second-order valence-corrected chi connectivity index (χ2v) is 18.5. The van der Waals surface area contributed by atoms with Gasteiger partial charge in [0.1, 0.15) is 13.2 Å². The minimum atomic E-state index is -0.793. The average molecular weight is 909 g/mol. The van der Waals surface area contributed by atoms with E-state index in [9.17, 15) is 14.4 Å². The molecule has 0 N–H and O–H groups in total. The first-order valence-corrected chi connectivity index (χ1v) is 27.8. The number of allylic oxidation sites excluding steroid dienone is 10. The van der Waals surface area contributed by atoms with Crippen molar-refractivity contribution in [2.24, 2.45) is 0 Å². The molecule has 376 valence electrons. The maximum atomic E-state index is 12.8. The highest BCUT2D eigenvalue weighted by Gasteiger charge is 2.19. The third-order valence-electron chi connectivity index (χ3n) is 12.0. The van der Waals surface area contributed by atoms with Crippen LogP contribution in [0.2, 0.25) is 0 Å². The zero-order chi connectivity index (χ0) is 47.2. The summed E-state index contributed by atoms with van der Waals surface area (Å²) in [5, 5.41) is 0. The summed E-state index contributed by atoms with van der Waals surface area (Å²) in [7, 11) is 0. The van der Waals surface area contributed by atoms with Crippen molar-refractivity contribution in [2.75, 3.05) is 13.2 Å². The molecule has 0 aliphatic heterocycles. The topological polar surface area (TPSA) is 78.9 Å². The molecule has 0 aromatic carbocycles. The Labute approximate surface area is 402 Å². The zero-order valence-corrected chi connectivity index (χ0v) is 43.0. The van der Waals surface area contributed by atoms with E-state index in [1.807, 2.05) is 0 Å². The molecule has 0 bridgehead atoms. The molecule has 0 amide bonds. The number of hydrogen-bond acceptors (Lipinski definition) is 6. The van der Waals surface area contributed by atoms with Gasteiger partial charge in [-0.25, -0.2) is 0 Å². The van der Waals surface area contributed by atoms with Gasteiger partial charge < -0.3 is 14.2 Å². The van der Waals surface area contributed by atoms with Gasteiger partial charge >= 0.3 is 17.9 Å². The van der Waals surface area contributed by atoms with Crippen LogP contribution in [0.1, 0.15) is 278 Å². The molecule has 0 fully saturated rings. The molecule has 0 saturated carbocycles. The predicted octanol–water partition coefficient (Wildman–Crippen LogP) is 18.4. The Balaban J connectivity index is 4.44. The summed E-state index contributed by atoms with van der Waals surface area (Å²) in [5.74, 6) is -0.936. The number of unbranched alkanes of at least 4 members (excludes halogenated alkanes) is 29. The molecule has 1 atom stereocenters. The summed E-state index contributed by atoms with van der Waals surface area (Å²) in [6.45, 7) is 6.51. The normalized spacial score (nSPS) is 12.5. The van der Waals surface area contributed by atoms with Crippen LogP contribution in [0.15, 0.2) is 60.8 Å². The van der Waals surface area contributed by atoms with E-state index in [4.69, 9.17) is 14.2 Å². The fourth-order valence-corrected chi connectivity index (χ4v) is 7.89. The fraction of sp³-hybridized carbons (Fsp3) is 0.780. The SMILES string of the molecule is CC/C=C\C/C=C\C/C=C\C/C=C\C/C=C\CCCC(=O)OC[C@@H](COC(=O)CCCCCCCCCCCCCCCC)OC(=O)CCCCCCCCCCCCCCCCCC. The molecule has 6 nitrogen and oxygen atoms in total. The van der Waals surface area contributed by atoms with Crippen LogP contribution in [0.5, 0.6) is 0 Å². The van der Waals surface area contributed by atoms with Crippen molar-refractivity contribution < 1.29 is 28.6 Å². The molecule has 0 aromatic heterocycles. The molecule has 6 heteroatoms. The van der Waals surface area contributed by atoms with Crippen molar-refractivity contribution in [3.63, 3.8) is 0 Å². The summed E-state index contributed by atoms with van der Waals surface area (Å²) in [6.07, 6.45) is 66.4. The lowest BCUT2D eigenvalue weighted by Crippen LogP contribution is -2.30. The summed E-state index contributed by atoms with van der Waals surface area (Å²) in [4.78, 5) is 38.1. The molecular weight excluding hydrogens is 805 g/mol. The zero-order valence-electron chi connectivity index (χ0n) is 43.0. The Morgan fingerprint density at radius 3 is 0.938 bits per heavy atom. The van der Waals surface area contributed by atoms with Crippen molar-refractivity contribution >= 4 is 17.9 Å². The third-order valence-corrected chi connectivity index (χ3v) is 12.0. The van der Waals surface area contributed by atoms with Crippen LogP contribution >= 0.6 is 0 Å². The van der Waals surface area contributed by atoms with E-state index in [2.05, 4.69) is 81.5 Å². The molecule has 0 radical (unpaired) electrons. The van der Waals surface area contributed by atoms with Crippen LogP contribution in [0, 0.1) is 0 Å². The van der Waals surface area contributed by atoms with E-state index in [0.717, 1.165) is 77.0 Å². The Kier molecular flexibility index (Phi) is 51.3. The minimum absolute atomic E-state index is 0.0878. The highest BCUT2D eigenvalue weighted by Crippen LogP contribution is 2.16. The standard InChI is InChI=1S/C59H104O6/c1-4-7-10-13-16-19-22-25-28-30-32-34-37-40-43-46-49-52-58(61)64-55-56(54-63-57(60)51-48-45-42-39-36-33-27-24-21-18-15-12-9-6-3)65-59(62)53-50-47-44-41-38-35-31-29-26-23-20-17-14-11-8-5-2/h7,10,16,19,25,28,32,34,40,43,56H,4-6,8-9,11-15,17-18,20-24,26-27,29-31,33,35-39,41-42,44-55H2,1-3H3/b10-7-,19-16-,28-25-,34-32-,43-40-/t56-/m1/s1. The second kappa shape index (κ2) is 53.7. The van der Waals surface area contributed by atoms with Crippen molar-refractivity contribution in [2.45, 2.75) is 284 Å². The van der Waals surface area contributed by atoms with E-state index >= 15 is 0 Å². The van der Waals surface area contributed by atoms with Gasteiger partial charge in [0.15, 0.2) is 6.10 Å². The molecule has 0 aliphatic rings. The third kappa shape index (κ3) is 51.9. The van der Waals surface area contributed by atoms with E-state index in [1.54, 1.807) is 0 Å². The van der Waals surface area contributed by atoms with Gasteiger partial charge in [-0.15, -0.1) is 0 Å². The van der Waals surface area contributed by atoms with E-state index in [1.165, 1.54) is 154 Å². The van der Waals surface area contributed by atoms with Crippen molar-refractivity contribution in [1.82, 2.24) is 0 Å². The first-order valence-electron chi connectivity index (χ1n) is 27.8. The Morgan fingerprint density at radius 1 is 0.323 bits per heavy atom. The number of hydrogen-bond donors (Lipinski definition) is 0. The summed E-state index contributed by atoms with van der Waals surface area (Å²) in [5.41, 5.74) is 0. The number of esters is 3. The molecular formula is C59H104O6. The van der Waals surface area contributed by atoms with Crippen LogP contribution in [-0.2, 0) is 28.6 Å². The van der Waals surface area contributed by atoms with Gasteiger partial charge in [0, 0.05) is 19.3 Å². The van der Waals surface area contributed by atoms with Crippen LogP contribution < -0.4 is 0 Å². The molecule has 0 unspecified atom stereocenters. The molecule has 0 aliphatic carbocycles. The van der Waals surface area contributed by atoms with E-state index < -0.39 is 6.10 Å². The molecule has 0 spiro atoms. The maximum absolute atomic E-state index is 12.8. The van der Waals surface area contributed by atoms with E-state index in [-0.39, 0.29) is 37.5 Å². The Morgan fingerprint density at radius 2 is 0.600 bits per heavy atom.